The molecule has 158 valence electrons. The van der Waals surface area contributed by atoms with Crippen LogP contribution in [0, 0.1) is 11.3 Å². The number of anilines is 1. The highest BCUT2D eigenvalue weighted by Gasteiger charge is 2.65. The van der Waals surface area contributed by atoms with E-state index in [4.69, 9.17) is 0 Å². The molecule has 0 bridgehead atoms. The third-order valence-electron chi connectivity index (χ3n) is 4.82. The molecule has 1 aromatic heterocycles. The molecule has 1 aliphatic rings. The quantitative estimate of drug-likeness (QED) is 0.350. The number of aromatic nitrogens is 2. The lowest BCUT2D eigenvalue weighted by Crippen LogP contribution is -2.60. The molecule has 0 saturated heterocycles. The zero-order chi connectivity index (χ0) is 21.5. The molecule has 1 aliphatic heterocycles. The molecular formula is C15H17F6IN4O2. The first-order valence-corrected chi connectivity index (χ1v) is 9.57. The third kappa shape index (κ3) is 3.79. The van der Waals surface area contributed by atoms with Crippen LogP contribution in [-0.4, -0.2) is 48.8 Å². The Bertz CT molecular complexity index is 723. The molecule has 0 radical (unpaired) electrons. The summed E-state index contributed by atoms with van der Waals surface area (Å²) in [5.74, 6) is -2.25. The molecule has 0 fully saturated rings. The highest BCUT2D eigenvalue weighted by atomic mass is 127. The molecule has 0 spiro atoms. The van der Waals surface area contributed by atoms with Crippen molar-refractivity contribution in [1.82, 2.24) is 9.97 Å². The van der Waals surface area contributed by atoms with Crippen LogP contribution in [0.1, 0.15) is 26.1 Å². The lowest BCUT2D eigenvalue weighted by atomic mass is 9.66. The van der Waals surface area contributed by atoms with E-state index in [-0.39, 0.29) is 22.2 Å². The van der Waals surface area contributed by atoms with Crippen LogP contribution in [0.3, 0.4) is 0 Å². The normalized spacial score (nSPS) is 25.6. The van der Waals surface area contributed by atoms with Gasteiger partial charge < -0.3 is 10.2 Å². The van der Waals surface area contributed by atoms with Gasteiger partial charge >= 0.3 is 12.4 Å². The number of halogens is 7. The number of rotatable bonds is 5. The smallest absolute Gasteiger partial charge is 0.383 e. The Morgan fingerprint density at radius 3 is 2.14 bits per heavy atom. The van der Waals surface area contributed by atoms with Gasteiger partial charge in [0, 0.05) is 10.1 Å². The molecule has 0 aromatic carbocycles. The first kappa shape index (κ1) is 23.1. The highest BCUT2D eigenvalue weighted by molar-refractivity contribution is 14.1. The molecule has 4 unspecified atom stereocenters. The average Bonchev–Trinajstić information content (AvgIpc) is 2.86. The van der Waals surface area contributed by atoms with Gasteiger partial charge in [0.2, 0.25) is 5.82 Å². The predicted octanol–water partition coefficient (Wildman–Crippen LogP) is 3.38. The second-order valence-electron chi connectivity index (χ2n) is 6.30. The molecule has 4 atom stereocenters. The van der Waals surface area contributed by atoms with Crippen molar-refractivity contribution in [3.8, 4) is 0 Å². The third-order valence-corrected chi connectivity index (χ3v) is 5.88. The molecule has 2 rings (SSSR count). The van der Waals surface area contributed by atoms with Crippen LogP contribution < -0.4 is 5.01 Å². The Morgan fingerprint density at radius 2 is 1.75 bits per heavy atom. The van der Waals surface area contributed by atoms with Gasteiger partial charge in [0.1, 0.15) is 0 Å². The van der Waals surface area contributed by atoms with Crippen molar-refractivity contribution in [1.29, 1.82) is 0 Å². The van der Waals surface area contributed by atoms with E-state index in [2.05, 4.69) is 15.1 Å². The minimum atomic E-state index is -5.05. The molecule has 28 heavy (non-hydrogen) atoms. The summed E-state index contributed by atoms with van der Waals surface area (Å²) in [6, 6.07) is 0. The molecule has 1 aromatic rings. The largest absolute Gasteiger partial charge is 0.451 e. The summed E-state index contributed by atoms with van der Waals surface area (Å²) in [4.78, 5) is 6.27. The van der Waals surface area contributed by atoms with Crippen molar-refractivity contribution in [3.05, 3.63) is 18.2 Å². The van der Waals surface area contributed by atoms with Gasteiger partial charge in [-0.25, -0.2) is 15.0 Å². The van der Waals surface area contributed by atoms with E-state index >= 15 is 0 Å². The second kappa shape index (κ2) is 7.89. The van der Waals surface area contributed by atoms with Gasteiger partial charge in [0.05, 0.1) is 23.5 Å². The fourth-order valence-corrected chi connectivity index (χ4v) is 4.74. The van der Waals surface area contributed by atoms with E-state index in [1.54, 1.807) is 6.92 Å². The van der Waals surface area contributed by atoms with Gasteiger partial charge in [-0.1, -0.05) is 35.9 Å². The number of nitrogens with zero attached hydrogens (tertiary/aromatic N) is 4. The summed E-state index contributed by atoms with van der Waals surface area (Å²) in [6.07, 6.45) is -13.2. The van der Waals surface area contributed by atoms with Crippen molar-refractivity contribution < 1.29 is 36.6 Å². The minimum absolute atomic E-state index is 0.169. The Labute approximate surface area is 169 Å². The molecule has 2 heterocycles. The molecule has 0 aliphatic carbocycles. The van der Waals surface area contributed by atoms with Gasteiger partial charge in [0.15, 0.2) is 12.3 Å². The average molecular weight is 526 g/mol. The number of hydrazone groups is 1. The molecule has 13 heteroatoms. The second-order valence-corrected chi connectivity index (χ2v) is 7.18. The maximum absolute atomic E-state index is 13.5. The van der Waals surface area contributed by atoms with Crippen molar-refractivity contribution >= 4 is 34.0 Å². The van der Waals surface area contributed by atoms with Crippen LogP contribution >= 0.6 is 22.6 Å². The van der Waals surface area contributed by atoms with Gasteiger partial charge in [-0.2, -0.15) is 31.4 Å². The van der Waals surface area contributed by atoms with Crippen molar-refractivity contribution in [2.45, 2.75) is 45.0 Å². The zero-order valence-corrected chi connectivity index (χ0v) is 16.8. The van der Waals surface area contributed by atoms with E-state index in [0.29, 0.717) is 17.4 Å². The van der Waals surface area contributed by atoms with Crippen LogP contribution in [0.2, 0.25) is 0 Å². The summed E-state index contributed by atoms with van der Waals surface area (Å²) in [6.45, 7) is 2.84. The van der Waals surface area contributed by atoms with Crippen LogP contribution in [-0.2, 0) is 6.18 Å². The predicted molar refractivity (Wildman–Crippen MR) is 95.8 cm³/mol. The standard InChI is InChI=1S/C15H17F6IN4O2/c1-3-8(4-22)13(10(27)14(16,17)18)7(2)25-26(12(13)28)9-5-23-11(24-6-9)15(19,20)21/h5-6,8,10,12,27-28H,3-4H2,1-2H3. The summed E-state index contributed by atoms with van der Waals surface area (Å²) in [5.41, 5.74) is -2.62. The summed E-state index contributed by atoms with van der Waals surface area (Å²) < 4.78 is 78.4. The number of hydrogen-bond donors (Lipinski definition) is 2. The van der Waals surface area contributed by atoms with Crippen LogP contribution in [0.5, 0.6) is 0 Å². The molecule has 0 saturated carbocycles. The summed E-state index contributed by atoms with van der Waals surface area (Å²) in [7, 11) is 0. The first-order valence-electron chi connectivity index (χ1n) is 8.04. The number of aliphatic hydroxyl groups is 2. The monoisotopic (exact) mass is 526 g/mol. The Kier molecular flexibility index (Phi) is 6.50. The minimum Gasteiger partial charge on any atom is -0.383 e. The SMILES string of the molecule is CCC(CI)C1(C(O)C(F)(F)F)C(C)=NN(c2cnc(C(F)(F)F)nc2)C1O. The Hall–Kier alpha value is -1.22. The number of alkyl halides is 7. The fourth-order valence-electron chi connectivity index (χ4n) is 3.39. The molecule has 0 amide bonds. The van der Waals surface area contributed by atoms with Crippen LogP contribution in [0.4, 0.5) is 32.0 Å². The topological polar surface area (TPSA) is 81.8 Å². The van der Waals surface area contributed by atoms with Gasteiger partial charge in [-0.3, -0.25) is 0 Å². The number of hydrogen-bond acceptors (Lipinski definition) is 6. The van der Waals surface area contributed by atoms with Crippen molar-refractivity contribution in [3.63, 3.8) is 0 Å². The van der Waals surface area contributed by atoms with E-state index in [0.717, 1.165) is 0 Å². The van der Waals surface area contributed by atoms with E-state index < -0.39 is 41.8 Å². The first-order chi connectivity index (χ1) is 12.8. The molecule has 2 N–H and O–H groups in total. The Morgan fingerprint density at radius 1 is 1.21 bits per heavy atom. The number of aliphatic hydroxyl groups excluding tert-OH is 2. The van der Waals surface area contributed by atoms with Crippen LogP contribution in [0.25, 0.3) is 0 Å². The molecule has 6 nitrogen and oxygen atoms in total. The van der Waals surface area contributed by atoms with Gasteiger partial charge in [-0.05, 0) is 12.8 Å². The summed E-state index contributed by atoms with van der Waals surface area (Å²) in [5, 5.41) is 25.6. The van der Waals surface area contributed by atoms with Crippen molar-refractivity contribution in [2.75, 3.05) is 9.44 Å². The lowest BCUT2D eigenvalue weighted by molar-refractivity contribution is -0.246. The lowest BCUT2D eigenvalue weighted by Gasteiger charge is -2.44. The molecular weight excluding hydrogens is 509 g/mol. The maximum atomic E-state index is 13.5. The van der Waals surface area contributed by atoms with E-state index in [9.17, 15) is 36.6 Å². The highest BCUT2D eigenvalue weighted by Crippen LogP contribution is 2.50. The van der Waals surface area contributed by atoms with Crippen LogP contribution in [0.15, 0.2) is 17.5 Å². The summed E-state index contributed by atoms with van der Waals surface area (Å²) >= 11 is 1.85. The van der Waals surface area contributed by atoms with E-state index in [1.807, 2.05) is 22.6 Å². The zero-order valence-electron chi connectivity index (χ0n) is 14.6. The van der Waals surface area contributed by atoms with Gasteiger partial charge in [0.25, 0.3) is 0 Å². The van der Waals surface area contributed by atoms with Crippen molar-refractivity contribution in [2.24, 2.45) is 16.4 Å². The Balaban J connectivity index is 2.53. The van der Waals surface area contributed by atoms with Gasteiger partial charge in [-0.15, -0.1) is 0 Å². The fraction of sp³-hybridized carbons (Fsp3) is 0.667. The van der Waals surface area contributed by atoms with E-state index in [1.165, 1.54) is 6.92 Å². The maximum Gasteiger partial charge on any atom is 0.451 e.